The smallest absolute Gasteiger partial charge is 0.150 e. The lowest BCUT2D eigenvalue weighted by Crippen LogP contribution is -2.23. The zero-order valence-electron chi connectivity index (χ0n) is 7.79. The molecule has 1 aromatic rings. The molecule has 1 heterocycles. The molecular formula is C11H12FNO. The molecule has 1 unspecified atom stereocenters. The quantitative estimate of drug-likeness (QED) is 0.724. The van der Waals surface area contributed by atoms with E-state index in [4.69, 9.17) is 0 Å². The standard InChI is InChI=1S/C11H12FNO/c12-11(4-5-13-8-11)10-3-1-2-9(6-10)7-14/h1-3,6-7,13H,4-5,8H2. The van der Waals surface area contributed by atoms with Gasteiger partial charge in [0, 0.05) is 12.1 Å². The van der Waals surface area contributed by atoms with Crippen LogP contribution in [0.1, 0.15) is 22.3 Å². The first-order chi connectivity index (χ1) is 6.74. The first-order valence-electron chi connectivity index (χ1n) is 4.70. The molecule has 1 aromatic carbocycles. The van der Waals surface area contributed by atoms with Crippen molar-refractivity contribution in [3.8, 4) is 0 Å². The van der Waals surface area contributed by atoms with E-state index in [1.807, 2.05) is 0 Å². The molecule has 0 bridgehead atoms. The number of carbonyl (C=O) groups excluding carboxylic acids is 1. The van der Waals surface area contributed by atoms with E-state index < -0.39 is 5.67 Å². The molecule has 2 rings (SSSR count). The second kappa shape index (κ2) is 3.50. The number of hydrogen-bond donors (Lipinski definition) is 1. The minimum absolute atomic E-state index is 0.343. The van der Waals surface area contributed by atoms with Crippen molar-refractivity contribution in [2.45, 2.75) is 12.1 Å². The first-order valence-corrected chi connectivity index (χ1v) is 4.70. The molecule has 1 aliphatic heterocycles. The Morgan fingerprint density at radius 1 is 1.50 bits per heavy atom. The van der Waals surface area contributed by atoms with Gasteiger partial charge in [0.15, 0.2) is 0 Å². The molecule has 1 aliphatic rings. The van der Waals surface area contributed by atoms with Crippen LogP contribution in [0.3, 0.4) is 0 Å². The summed E-state index contributed by atoms with van der Waals surface area (Å²) in [6.45, 7) is 1.04. The van der Waals surface area contributed by atoms with Gasteiger partial charge in [0.25, 0.3) is 0 Å². The van der Waals surface area contributed by atoms with E-state index in [1.54, 1.807) is 24.3 Å². The Bertz CT molecular complexity index is 345. The van der Waals surface area contributed by atoms with Gasteiger partial charge in [-0.15, -0.1) is 0 Å². The third-order valence-corrected chi connectivity index (χ3v) is 2.64. The lowest BCUT2D eigenvalue weighted by Gasteiger charge is -2.18. The number of halogens is 1. The van der Waals surface area contributed by atoms with E-state index in [9.17, 15) is 9.18 Å². The Labute approximate surface area is 82.1 Å². The number of alkyl halides is 1. The molecule has 0 aliphatic carbocycles. The molecule has 1 N–H and O–H groups in total. The van der Waals surface area contributed by atoms with Gasteiger partial charge < -0.3 is 5.32 Å². The fraction of sp³-hybridized carbons (Fsp3) is 0.364. The number of aldehydes is 1. The number of carbonyl (C=O) groups is 1. The van der Waals surface area contributed by atoms with Crippen LogP contribution >= 0.6 is 0 Å². The molecule has 1 saturated heterocycles. The Kier molecular flexibility index (Phi) is 2.33. The lowest BCUT2D eigenvalue weighted by molar-refractivity contribution is 0.112. The lowest BCUT2D eigenvalue weighted by atomic mass is 9.94. The van der Waals surface area contributed by atoms with Gasteiger partial charge in [-0.1, -0.05) is 18.2 Å². The Morgan fingerprint density at radius 2 is 2.36 bits per heavy atom. The highest BCUT2D eigenvalue weighted by Crippen LogP contribution is 2.32. The molecule has 14 heavy (non-hydrogen) atoms. The Morgan fingerprint density at radius 3 is 3.00 bits per heavy atom. The van der Waals surface area contributed by atoms with Gasteiger partial charge in [-0.2, -0.15) is 0 Å². The third kappa shape index (κ3) is 1.55. The van der Waals surface area contributed by atoms with Gasteiger partial charge in [0.05, 0.1) is 0 Å². The van der Waals surface area contributed by atoms with Crippen molar-refractivity contribution in [3.05, 3.63) is 35.4 Å². The summed E-state index contributed by atoms with van der Waals surface area (Å²) in [4.78, 5) is 10.5. The second-order valence-electron chi connectivity index (χ2n) is 3.64. The van der Waals surface area contributed by atoms with E-state index in [-0.39, 0.29) is 0 Å². The van der Waals surface area contributed by atoms with E-state index in [2.05, 4.69) is 5.32 Å². The molecule has 1 atom stereocenters. The number of rotatable bonds is 2. The predicted molar refractivity (Wildman–Crippen MR) is 52.1 cm³/mol. The number of nitrogens with one attached hydrogen (secondary N) is 1. The third-order valence-electron chi connectivity index (χ3n) is 2.64. The van der Waals surface area contributed by atoms with Gasteiger partial charge in [0.2, 0.25) is 0 Å². The fourth-order valence-electron chi connectivity index (χ4n) is 1.80. The van der Waals surface area contributed by atoms with Crippen molar-refractivity contribution in [3.63, 3.8) is 0 Å². The molecular weight excluding hydrogens is 181 g/mol. The topological polar surface area (TPSA) is 29.1 Å². The van der Waals surface area contributed by atoms with E-state index in [1.165, 1.54) is 0 Å². The highest BCUT2D eigenvalue weighted by Gasteiger charge is 2.35. The molecule has 0 radical (unpaired) electrons. The van der Waals surface area contributed by atoms with Gasteiger partial charge in [0.1, 0.15) is 12.0 Å². The summed E-state index contributed by atoms with van der Waals surface area (Å²) >= 11 is 0. The number of hydrogen-bond acceptors (Lipinski definition) is 2. The van der Waals surface area contributed by atoms with Crippen molar-refractivity contribution in [2.24, 2.45) is 0 Å². The number of benzene rings is 1. The van der Waals surface area contributed by atoms with Crippen LogP contribution in [0.4, 0.5) is 4.39 Å². The summed E-state index contributed by atoms with van der Waals surface area (Å²) < 4.78 is 14.2. The normalized spacial score (nSPS) is 26.4. The van der Waals surface area contributed by atoms with Crippen molar-refractivity contribution in [1.29, 1.82) is 0 Å². The zero-order valence-corrected chi connectivity index (χ0v) is 7.79. The highest BCUT2D eigenvalue weighted by atomic mass is 19.1. The van der Waals surface area contributed by atoms with E-state index in [0.29, 0.717) is 30.6 Å². The molecule has 0 saturated carbocycles. The average molecular weight is 193 g/mol. The minimum Gasteiger partial charge on any atom is -0.313 e. The van der Waals surface area contributed by atoms with Crippen molar-refractivity contribution < 1.29 is 9.18 Å². The highest BCUT2D eigenvalue weighted by molar-refractivity contribution is 5.75. The van der Waals surface area contributed by atoms with Crippen LogP contribution in [0.15, 0.2) is 24.3 Å². The van der Waals surface area contributed by atoms with Crippen LogP contribution in [0.25, 0.3) is 0 Å². The first kappa shape index (κ1) is 9.34. The Balaban J connectivity index is 2.35. The van der Waals surface area contributed by atoms with Crippen molar-refractivity contribution in [2.75, 3.05) is 13.1 Å². The fourth-order valence-corrected chi connectivity index (χ4v) is 1.80. The summed E-state index contributed by atoms with van der Waals surface area (Å²) in [5.41, 5.74) is -0.155. The maximum absolute atomic E-state index is 14.2. The SMILES string of the molecule is O=Cc1cccc(C2(F)CCNC2)c1. The summed E-state index contributed by atoms with van der Waals surface area (Å²) in [6, 6.07) is 6.76. The maximum Gasteiger partial charge on any atom is 0.150 e. The minimum atomic E-state index is -1.29. The van der Waals surface area contributed by atoms with Gasteiger partial charge in [-0.25, -0.2) is 4.39 Å². The monoisotopic (exact) mass is 193 g/mol. The molecule has 1 fully saturated rings. The predicted octanol–water partition coefficient (Wildman–Crippen LogP) is 1.66. The average Bonchev–Trinajstić information content (AvgIpc) is 2.67. The van der Waals surface area contributed by atoms with Gasteiger partial charge >= 0.3 is 0 Å². The van der Waals surface area contributed by atoms with Crippen LogP contribution in [-0.2, 0) is 5.67 Å². The molecule has 0 amide bonds. The van der Waals surface area contributed by atoms with Gasteiger partial charge in [-0.3, -0.25) is 4.79 Å². The largest absolute Gasteiger partial charge is 0.313 e. The van der Waals surface area contributed by atoms with Crippen molar-refractivity contribution >= 4 is 6.29 Å². The van der Waals surface area contributed by atoms with Crippen LogP contribution in [0.2, 0.25) is 0 Å². The molecule has 0 aromatic heterocycles. The summed E-state index contributed by atoms with van der Waals surface area (Å²) in [5.74, 6) is 0. The summed E-state index contributed by atoms with van der Waals surface area (Å²) in [7, 11) is 0. The Hall–Kier alpha value is -1.22. The van der Waals surface area contributed by atoms with Crippen LogP contribution in [0.5, 0.6) is 0 Å². The summed E-state index contributed by atoms with van der Waals surface area (Å²) in [6.07, 6.45) is 1.23. The van der Waals surface area contributed by atoms with E-state index >= 15 is 0 Å². The zero-order chi connectivity index (χ0) is 10.0. The molecule has 3 heteroatoms. The van der Waals surface area contributed by atoms with Gasteiger partial charge in [-0.05, 0) is 24.6 Å². The summed E-state index contributed by atoms with van der Waals surface area (Å²) in [5, 5.41) is 2.99. The second-order valence-corrected chi connectivity index (χ2v) is 3.64. The van der Waals surface area contributed by atoms with Crippen LogP contribution < -0.4 is 5.32 Å². The van der Waals surface area contributed by atoms with Crippen molar-refractivity contribution in [1.82, 2.24) is 5.32 Å². The van der Waals surface area contributed by atoms with Crippen LogP contribution in [-0.4, -0.2) is 19.4 Å². The maximum atomic E-state index is 14.2. The molecule has 2 nitrogen and oxygen atoms in total. The molecule has 0 spiro atoms. The van der Waals surface area contributed by atoms with E-state index in [0.717, 1.165) is 6.29 Å². The van der Waals surface area contributed by atoms with Crippen LogP contribution in [0, 0.1) is 0 Å². The molecule has 74 valence electrons.